The second kappa shape index (κ2) is 7.56. The summed E-state index contributed by atoms with van der Waals surface area (Å²) in [5.74, 6) is 0.660. The van der Waals surface area contributed by atoms with Gasteiger partial charge in [0.25, 0.3) is 0 Å². The smallest absolute Gasteiger partial charge is 0.250 e. The fourth-order valence-electron chi connectivity index (χ4n) is 1.95. The molecular formula is C14H16BrNO4S2. The summed E-state index contributed by atoms with van der Waals surface area (Å²) in [4.78, 5) is 0. The molecule has 1 N–H and O–H groups in total. The van der Waals surface area contributed by atoms with Gasteiger partial charge in [-0.3, -0.25) is 0 Å². The molecule has 1 unspecified atom stereocenters. The third kappa shape index (κ3) is 4.08. The van der Waals surface area contributed by atoms with Gasteiger partial charge in [-0.25, -0.2) is 13.1 Å². The highest BCUT2D eigenvalue weighted by Gasteiger charge is 2.21. The lowest BCUT2D eigenvalue weighted by Gasteiger charge is -2.18. The summed E-state index contributed by atoms with van der Waals surface area (Å²) in [7, 11) is -0.451. The maximum atomic E-state index is 12.2. The van der Waals surface area contributed by atoms with Gasteiger partial charge in [-0.1, -0.05) is 18.2 Å². The van der Waals surface area contributed by atoms with Crippen LogP contribution in [-0.2, 0) is 14.8 Å². The molecule has 1 atom stereocenters. The largest absolute Gasteiger partial charge is 0.496 e. The first-order chi connectivity index (χ1) is 10.5. The van der Waals surface area contributed by atoms with E-state index in [0.717, 1.165) is 20.7 Å². The van der Waals surface area contributed by atoms with Crippen molar-refractivity contribution in [1.29, 1.82) is 0 Å². The van der Waals surface area contributed by atoms with Gasteiger partial charge >= 0.3 is 0 Å². The molecule has 0 radical (unpaired) electrons. The van der Waals surface area contributed by atoms with Crippen LogP contribution in [0.4, 0.5) is 0 Å². The van der Waals surface area contributed by atoms with Crippen molar-refractivity contribution < 1.29 is 17.9 Å². The van der Waals surface area contributed by atoms with Gasteiger partial charge in [0.2, 0.25) is 10.0 Å². The highest BCUT2D eigenvalue weighted by molar-refractivity contribution is 9.11. The Morgan fingerprint density at radius 1 is 1.23 bits per heavy atom. The van der Waals surface area contributed by atoms with Gasteiger partial charge in [0.05, 0.1) is 17.0 Å². The van der Waals surface area contributed by atoms with E-state index in [1.165, 1.54) is 7.11 Å². The first-order valence-electron chi connectivity index (χ1n) is 6.38. The molecule has 0 saturated carbocycles. The first-order valence-corrected chi connectivity index (χ1v) is 9.48. The van der Waals surface area contributed by atoms with E-state index in [0.29, 0.717) is 5.75 Å². The molecule has 1 aromatic heterocycles. The van der Waals surface area contributed by atoms with Gasteiger partial charge in [-0.2, -0.15) is 0 Å². The average Bonchev–Trinajstić information content (AvgIpc) is 2.96. The van der Waals surface area contributed by atoms with Crippen LogP contribution < -0.4 is 9.46 Å². The fraction of sp³-hybridized carbons (Fsp3) is 0.286. The lowest BCUT2D eigenvalue weighted by Crippen LogP contribution is -2.29. The summed E-state index contributed by atoms with van der Waals surface area (Å²) < 4.78 is 38.8. The van der Waals surface area contributed by atoms with E-state index in [1.54, 1.807) is 19.2 Å². The molecule has 0 aliphatic rings. The summed E-state index contributed by atoms with van der Waals surface area (Å²) in [6.45, 7) is 0.120. The summed E-state index contributed by atoms with van der Waals surface area (Å²) in [5.41, 5.74) is 0.794. The van der Waals surface area contributed by atoms with E-state index in [1.807, 2.05) is 24.3 Å². The van der Waals surface area contributed by atoms with Gasteiger partial charge in [0.1, 0.15) is 9.96 Å². The standard InChI is InChI=1S/C14H16BrNO4S2/c1-19-11-6-4-3-5-10(11)12(20-2)9-16-22(17,18)14-8-7-13(15)21-14/h3-8,12,16H,9H2,1-2H3. The number of halogens is 1. The molecule has 0 aliphatic heterocycles. The maximum Gasteiger partial charge on any atom is 0.250 e. The number of hydrogen-bond donors (Lipinski definition) is 1. The van der Waals surface area contributed by atoms with Crippen molar-refractivity contribution in [2.45, 2.75) is 10.3 Å². The van der Waals surface area contributed by atoms with E-state index in [-0.39, 0.29) is 10.8 Å². The molecule has 0 bridgehead atoms. The third-order valence-corrected chi connectivity index (χ3v) is 6.58. The Morgan fingerprint density at radius 2 is 1.95 bits per heavy atom. The van der Waals surface area contributed by atoms with Gasteiger partial charge in [-0.05, 0) is 34.1 Å². The van der Waals surface area contributed by atoms with Crippen LogP contribution in [0.25, 0.3) is 0 Å². The first kappa shape index (κ1) is 17.4. The SMILES string of the molecule is COc1ccccc1C(CNS(=O)(=O)c1ccc(Br)s1)OC. The second-order valence-corrected chi connectivity index (χ2v) is 8.83. The van der Waals surface area contributed by atoms with E-state index in [9.17, 15) is 8.42 Å². The van der Waals surface area contributed by atoms with Crippen molar-refractivity contribution >= 4 is 37.3 Å². The van der Waals surface area contributed by atoms with Crippen LogP contribution in [0.5, 0.6) is 5.75 Å². The third-order valence-electron chi connectivity index (χ3n) is 3.04. The molecule has 0 fully saturated rings. The Labute approximate surface area is 142 Å². The molecule has 22 heavy (non-hydrogen) atoms. The minimum atomic E-state index is -3.55. The second-order valence-electron chi connectivity index (χ2n) is 4.38. The van der Waals surface area contributed by atoms with Crippen LogP contribution in [0.2, 0.25) is 0 Å². The molecule has 0 amide bonds. The van der Waals surface area contributed by atoms with Crippen LogP contribution in [0.15, 0.2) is 44.4 Å². The Kier molecular flexibility index (Phi) is 5.99. The van der Waals surface area contributed by atoms with Crippen molar-refractivity contribution in [3.63, 3.8) is 0 Å². The highest BCUT2D eigenvalue weighted by atomic mass is 79.9. The molecule has 120 valence electrons. The Morgan fingerprint density at radius 3 is 2.55 bits per heavy atom. The van der Waals surface area contributed by atoms with E-state index < -0.39 is 16.1 Å². The lowest BCUT2D eigenvalue weighted by atomic mass is 10.1. The van der Waals surface area contributed by atoms with Crippen molar-refractivity contribution in [3.05, 3.63) is 45.7 Å². The summed E-state index contributed by atoms with van der Waals surface area (Å²) in [5, 5.41) is 0. The molecule has 2 aromatic rings. The van der Waals surface area contributed by atoms with E-state index in [2.05, 4.69) is 20.7 Å². The normalized spacial score (nSPS) is 13.0. The van der Waals surface area contributed by atoms with Gasteiger partial charge < -0.3 is 9.47 Å². The van der Waals surface area contributed by atoms with Gasteiger partial charge in [0.15, 0.2) is 0 Å². The Bertz CT molecular complexity index is 730. The van der Waals surface area contributed by atoms with Crippen LogP contribution >= 0.6 is 27.3 Å². The van der Waals surface area contributed by atoms with Crippen LogP contribution in [0.3, 0.4) is 0 Å². The van der Waals surface area contributed by atoms with E-state index in [4.69, 9.17) is 9.47 Å². The van der Waals surface area contributed by atoms with Crippen LogP contribution in [0.1, 0.15) is 11.7 Å². The molecule has 0 aliphatic carbocycles. The van der Waals surface area contributed by atoms with Crippen molar-refractivity contribution in [2.24, 2.45) is 0 Å². The van der Waals surface area contributed by atoms with Crippen molar-refractivity contribution in [1.82, 2.24) is 4.72 Å². The number of benzene rings is 1. The Hall–Kier alpha value is -0.930. The zero-order valence-electron chi connectivity index (χ0n) is 12.1. The number of sulfonamides is 1. The number of ether oxygens (including phenoxy) is 2. The number of methoxy groups -OCH3 is 2. The van der Waals surface area contributed by atoms with Gasteiger partial charge in [-0.15, -0.1) is 11.3 Å². The molecule has 0 spiro atoms. The summed E-state index contributed by atoms with van der Waals surface area (Å²) in [6, 6.07) is 10.6. The monoisotopic (exact) mass is 405 g/mol. The predicted octanol–water partition coefficient (Wildman–Crippen LogP) is 3.19. The summed E-state index contributed by atoms with van der Waals surface area (Å²) in [6.07, 6.45) is -0.436. The minimum absolute atomic E-state index is 0.120. The fourth-order valence-corrected chi connectivity index (χ4v) is 5.04. The number of rotatable bonds is 7. The maximum absolute atomic E-state index is 12.2. The molecule has 2 rings (SSSR count). The highest BCUT2D eigenvalue weighted by Crippen LogP contribution is 2.28. The Balaban J connectivity index is 2.14. The number of thiophene rings is 1. The number of nitrogens with one attached hydrogen (secondary N) is 1. The zero-order chi connectivity index (χ0) is 16.2. The quantitative estimate of drug-likeness (QED) is 0.767. The number of para-hydroxylation sites is 1. The zero-order valence-corrected chi connectivity index (χ0v) is 15.3. The molecule has 8 heteroatoms. The number of hydrogen-bond acceptors (Lipinski definition) is 5. The minimum Gasteiger partial charge on any atom is -0.496 e. The van der Waals surface area contributed by atoms with Crippen molar-refractivity contribution in [3.8, 4) is 5.75 Å². The molecule has 0 saturated heterocycles. The molecular weight excluding hydrogens is 390 g/mol. The topological polar surface area (TPSA) is 64.6 Å². The van der Waals surface area contributed by atoms with Crippen molar-refractivity contribution in [2.75, 3.05) is 20.8 Å². The van der Waals surface area contributed by atoms with Crippen LogP contribution in [0, 0.1) is 0 Å². The molecule has 1 heterocycles. The lowest BCUT2D eigenvalue weighted by molar-refractivity contribution is 0.105. The van der Waals surface area contributed by atoms with Gasteiger partial charge in [0, 0.05) is 19.2 Å². The van der Waals surface area contributed by atoms with Crippen LogP contribution in [-0.4, -0.2) is 29.2 Å². The predicted molar refractivity (Wildman–Crippen MR) is 90.0 cm³/mol. The molecule has 1 aromatic carbocycles. The average molecular weight is 406 g/mol. The summed E-state index contributed by atoms with van der Waals surface area (Å²) >= 11 is 4.42. The van der Waals surface area contributed by atoms with E-state index >= 15 is 0 Å². The molecule has 5 nitrogen and oxygen atoms in total.